The second kappa shape index (κ2) is 3.79. The molecule has 0 aromatic carbocycles. The van der Waals surface area contributed by atoms with Gasteiger partial charge in [-0.05, 0) is 25.3 Å². The van der Waals surface area contributed by atoms with E-state index in [0.29, 0.717) is 5.69 Å². The Bertz CT molecular complexity index is 306. The van der Waals surface area contributed by atoms with E-state index in [9.17, 15) is 4.79 Å². The molecule has 4 heteroatoms. The highest BCUT2D eigenvalue weighted by molar-refractivity contribution is 7.15. The summed E-state index contributed by atoms with van der Waals surface area (Å²) in [6.07, 6.45) is 0. The van der Waals surface area contributed by atoms with Gasteiger partial charge >= 0.3 is 0 Å². The average Bonchev–Trinajstić information content (AvgIpc) is 2.35. The van der Waals surface area contributed by atoms with Crippen molar-refractivity contribution in [2.45, 2.75) is 26.8 Å². The summed E-state index contributed by atoms with van der Waals surface area (Å²) in [5.74, 6) is 0.0316. The van der Waals surface area contributed by atoms with Gasteiger partial charge < -0.3 is 5.73 Å². The third kappa shape index (κ3) is 2.01. The lowest BCUT2D eigenvalue weighted by Gasteiger charge is -2.24. The monoisotopic (exact) mass is 198 g/mol. The molecule has 0 aliphatic rings. The molecule has 3 nitrogen and oxygen atoms in total. The van der Waals surface area contributed by atoms with Gasteiger partial charge in [0, 0.05) is 13.0 Å². The van der Waals surface area contributed by atoms with Crippen LogP contribution in [0.15, 0.2) is 11.4 Å². The Balaban J connectivity index is 3.02. The van der Waals surface area contributed by atoms with Gasteiger partial charge in [0.15, 0.2) is 0 Å². The summed E-state index contributed by atoms with van der Waals surface area (Å²) < 4.78 is 0. The minimum Gasteiger partial charge on any atom is -0.396 e. The molecule has 1 amide bonds. The summed E-state index contributed by atoms with van der Waals surface area (Å²) in [4.78, 5) is 13.0. The molecule has 0 atom stereocenters. The number of rotatable bonds is 2. The Morgan fingerprint density at radius 1 is 1.62 bits per heavy atom. The van der Waals surface area contributed by atoms with E-state index in [2.05, 4.69) is 0 Å². The van der Waals surface area contributed by atoms with Gasteiger partial charge in [0.05, 0.1) is 5.69 Å². The van der Waals surface area contributed by atoms with E-state index >= 15 is 0 Å². The lowest BCUT2D eigenvalue weighted by Crippen LogP contribution is -2.34. The molecular weight excluding hydrogens is 184 g/mol. The van der Waals surface area contributed by atoms with Crippen molar-refractivity contribution in [3.63, 3.8) is 0 Å². The van der Waals surface area contributed by atoms with Crippen LogP contribution in [0, 0.1) is 0 Å². The van der Waals surface area contributed by atoms with Gasteiger partial charge in [-0.1, -0.05) is 0 Å². The number of hydrogen-bond donors (Lipinski definition) is 1. The van der Waals surface area contributed by atoms with Crippen molar-refractivity contribution in [1.29, 1.82) is 0 Å². The van der Waals surface area contributed by atoms with Crippen molar-refractivity contribution in [2.24, 2.45) is 0 Å². The lowest BCUT2D eigenvalue weighted by molar-refractivity contribution is -0.116. The van der Waals surface area contributed by atoms with Crippen LogP contribution in [-0.4, -0.2) is 11.9 Å². The number of nitrogens with zero attached hydrogens (tertiary/aromatic N) is 1. The van der Waals surface area contributed by atoms with Crippen molar-refractivity contribution < 1.29 is 4.79 Å². The van der Waals surface area contributed by atoms with Crippen molar-refractivity contribution in [3.8, 4) is 0 Å². The van der Waals surface area contributed by atoms with E-state index in [1.807, 2.05) is 25.3 Å². The maximum Gasteiger partial charge on any atom is 0.224 e. The highest BCUT2D eigenvalue weighted by Crippen LogP contribution is 2.31. The number of carbonyl (C=O) groups is 1. The van der Waals surface area contributed by atoms with Crippen LogP contribution in [0.5, 0.6) is 0 Å². The summed E-state index contributed by atoms with van der Waals surface area (Å²) in [5.41, 5.74) is 6.41. The second-order valence-electron chi connectivity index (χ2n) is 3.16. The Kier molecular flexibility index (Phi) is 2.93. The van der Waals surface area contributed by atoms with E-state index in [-0.39, 0.29) is 11.9 Å². The molecule has 72 valence electrons. The molecule has 1 rings (SSSR count). The van der Waals surface area contributed by atoms with Crippen LogP contribution in [0.3, 0.4) is 0 Å². The third-order valence-corrected chi connectivity index (χ3v) is 2.68. The topological polar surface area (TPSA) is 46.3 Å². The predicted molar refractivity (Wildman–Crippen MR) is 57.0 cm³/mol. The Morgan fingerprint density at radius 2 is 2.23 bits per heavy atom. The zero-order chi connectivity index (χ0) is 10.0. The summed E-state index contributed by atoms with van der Waals surface area (Å²) >= 11 is 1.49. The van der Waals surface area contributed by atoms with E-state index in [0.717, 1.165) is 5.00 Å². The van der Waals surface area contributed by atoms with Gasteiger partial charge in [0.2, 0.25) is 5.91 Å². The quantitative estimate of drug-likeness (QED) is 0.791. The molecule has 0 aliphatic carbocycles. The molecule has 0 fully saturated rings. The fourth-order valence-electron chi connectivity index (χ4n) is 1.25. The average molecular weight is 198 g/mol. The van der Waals surface area contributed by atoms with Crippen LogP contribution in [0.4, 0.5) is 10.7 Å². The Morgan fingerprint density at radius 3 is 2.54 bits per heavy atom. The minimum absolute atomic E-state index is 0.0316. The standard InChI is InChI=1S/C9H14N2OS/c1-6(2)11(7(3)12)9-8(10)4-5-13-9/h4-6H,10H2,1-3H3. The molecule has 0 radical (unpaired) electrons. The zero-order valence-corrected chi connectivity index (χ0v) is 8.89. The number of anilines is 2. The lowest BCUT2D eigenvalue weighted by atomic mass is 10.3. The second-order valence-corrected chi connectivity index (χ2v) is 4.06. The van der Waals surface area contributed by atoms with Gasteiger partial charge in [-0.2, -0.15) is 0 Å². The van der Waals surface area contributed by atoms with Gasteiger partial charge in [-0.3, -0.25) is 9.69 Å². The molecule has 1 aromatic rings. The molecule has 1 aromatic heterocycles. The van der Waals surface area contributed by atoms with Crippen LogP contribution in [0.1, 0.15) is 20.8 Å². The van der Waals surface area contributed by atoms with Crippen LogP contribution in [0.2, 0.25) is 0 Å². The number of nitrogen functional groups attached to an aromatic ring is 1. The summed E-state index contributed by atoms with van der Waals surface area (Å²) in [7, 11) is 0. The van der Waals surface area contributed by atoms with Gasteiger partial charge in [0.25, 0.3) is 0 Å². The summed E-state index contributed by atoms with van der Waals surface area (Å²) in [5, 5.41) is 2.74. The van der Waals surface area contributed by atoms with Gasteiger partial charge in [-0.15, -0.1) is 11.3 Å². The molecule has 0 bridgehead atoms. The van der Waals surface area contributed by atoms with Gasteiger partial charge in [0.1, 0.15) is 5.00 Å². The highest BCUT2D eigenvalue weighted by atomic mass is 32.1. The molecule has 0 unspecified atom stereocenters. The SMILES string of the molecule is CC(=O)N(c1sccc1N)C(C)C. The molecule has 0 saturated carbocycles. The van der Waals surface area contributed by atoms with Gasteiger partial charge in [-0.25, -0.2) is 0 Å². The van der Waals surface area contributed by atoms with E-state index < -0.39 is 0 Å². The van der Waals surface area contributed by atoms with Crippen LogP contribution in [-0.2, 0) is 4.79 Å². The zero-order valence-electron chi connectivity index (χ0n) is 8.07. The first-order valence-corrected chi connectivity index (χ1v) is 5.04. The number of carbonyl (C=O) groups excluding carboxylic acids is 1. The highest BCUT2D eigenvalue weighted by Gasteiger charge is 2.18. The molecular formula is C9H14N2OS. The molecule has 1 heterocycles. The number of thiophene rings is 1. The Labute approximate surface area is 82.2 Å². The summed E-state index contributed by atoms with van der Waals surface area (Å²) in [6.45, 7) is 5.50. The van der Waals surface area contributed by atoms with Crippen molar-refractivity contribution in [3.05, 3.63) is 11.4 Å². The first kappa shape index (κ1) is 10.1. The fourth-order valence-corrected chi connectivity index (χ4v) is 2.25. The fraction of sp³-hybridized carbons (Fsp3) is 0.444. The van der Waals surface area contributed by atoms with Crippen molar-refractivity contribution in [2.75, 3.05) is 10.6 Å². The third-order valence-electron chi connectivity index (χ3n) is 1.75. The first-order chi connectivity index (χ1) is 6.04. The molecule has 2 N–H and O–H groups in total. The Hall–Kier alpha value is -1.03. The minimum atomic E-state index is 0.0316. The largest absolute Gasteiger partial charge is 0.396 e. The maximum absolute atomic E-state index is 11.3. The molecule has 0 saturated heterocycles. The number of hydrogen-bond acceptors (Lipinski definition) is 3. The first-order valence-electron chi connectivity index (χ1n) is 4.16. The predicted octanol–water partition coefficient (Wildman–Crippen LogP) is 2.09. The molecule has 13 heavy (non-hydrogen) atoms. The number of amides is 1. The van der Waals surface area contributed by atoms with Crippen molar-refractivity contribution >= 4 is 27.9 Å². The number of nitrogens with two attached hydrogens (primary N) is 1. The van der Waals surface area contributed by atoms with Crippen molar-refractivity contribution in [1.82, 2.24) is 0 Å². The van der Waals surface area contributed by atoms with E-state index in [1.54, 1.807) is 11.8 Å². The molecule has 0 spiro atoms. The smallest absolute Gasteiger partial charge is 0.224 e. The van der Waals surface area contributed by atoms with Crippen LogP contribution < -0.4 is 10.6 Å². The van der Waals surface area contributed by atoms with E-state index in [4.69, 9.17) is 5.73 Å². The van der Waals surface area contributed by atoms with E-state index in [1.165, 1.54) is 11.3 Å². The summed E-state index contributed by atoms with van der Waals surface area (Å²) in [6, 6.07) is 1.97. The normalized spacial score (nSPS) is 10.5. The molecule has 0 aliphatic heterocycles. The maximum atomic E-state index is 11.3. The van der Waals surface area contributed by atoms with Crippen LogP contribution in [0.25, 0.3) is 0 Å². The van der Waals surface area contributed by atoms with Crippen LogP contribution >= 0.6 is 11.3 Å².